The maximum atomic E-state index is 9.36. The number of hydrogen-bond donors (Lipinski definition) is 1. The number of benzene rings is 1. The molecule has 0 spiro atoms. The first-order valence-electron chi connectivity index (χ1n) is 5.84. The van der Waals surface area contributed by atoms with Gasteiger partial charge in [-0.2, -0.15) is 5.26 Å². The summed E-state index contributed by atoms with van der Waals surface area (Å²) in [4.78, 5) is 0. The van der Waals surface area contributed by atoms with Crippen molar-refractivity contribution in [3.05, 3.63) is 35.9 Å². The van der Waals surface area contributed by atoms with Crippen LogP contribution in [0.1, 0.15) is 19.4 Å². The van der Waals surface area contributed by atoms with Gasteiger partial charge in [0.05, 0.1) is 12.7 Å². The summed E-state index contributed by atoms with van der Waals surface area (Å²) in [5, 5.41) is 12.7. The Morgan fingerprint density at radius 1 is 1.35 bits per heavy atom. The van der Waals surface area contributed by atoms with Crippen LogP contribution in [0, 0.1) is 17.2 Å². The monoisotopic (exact) mass is 232 g/mol. The van der Waals surface area contributed by atoms with Gasteiger partial charge in [0.15, 0.2) is 0 Å². The minimum absolute atomic E-state index is 0.191. The highest BCUT2D eigenvalue weighted by molar-refractivity contribution is 5.17. The van der Waals surface area contributed by atoms with Crippen molar-refractivity contribution in [3.63, 3.8) is 0 Å². The summed E-state index contributed by atoms with van der Waals surface area (Å²) in [6.45, 7) is 5.13. The van der Waals surface area contributed by atoms with E-state index in [0.717, 1.165) is 0 Å². The fourth-order valence-electron chi connectivity index (χ4n) is 1.71. The van der Waals surface area contributed by atoms with Crippen molar-refractivity contribution in [2.75, 3.05) is 13.7 Å². The van der Waals surface area contributed by atoms with E-state index in [9.17, 15) is 5.26 Å². The zero-order valence-corrected chi connectivity index (χ0v) is 10.7. The number of methoxy groups -OCH3 is 1. The number of rotatable bonds is 6. The Kier molecular flexibility index (Phi) is 5.14. The molecule has 0 aromatic heterocycles. The highest BCUT2D eigenvalue weighted by atomic mass is 16.5. The van der Waals surface area contributed by atoms with E-state index < -0.39 is 5.54 Å². The lowest BCUT2D eigenvalue weighted by atomic mass is 9.88. The summed E-state index contributed by atoms with van der Waals surface area (Å²) in [6.07, 6.45) is 0. The molecule has 1 aromatic rings. The number of nitrogens with one attached hydrogen (secondary N) is 1. The normalized spacial score (nSPS) is 14.3. The van der Waals surface area contributed by atoms with E-state index in [1.54, 1.807) is 7.11 Å². The van der Waals surface area contributed by atoms with Crippen LogP contribution < -0.4 is 5.32 Å². The Balaban J connectivity index is 2.71. The SMILES string of the molecule is COCC(C#N)(NCc1ccccc1)C(C)C. The number of hydrogen-bond acceptors (Lipinski definition) is 3. The highest BCUT2D eigenvalue weighted by Crippen LogP contribution is 2.17. The molecule has 0 fully saturated rings. The fraction of sp³-hybridized carbons (Fsp3) is 0.500. The second-order valence-electron chi connectivity index (χ2n) is 4.51. The van der Waals surface area contributed by atoms with E-state index in [0.29, 0.717) is 13.2 Å². The lowest BCUT2D eigenvalue weighted by Gasteiger charge is -2.31. The first-order valence-corrected chi connectivity index (χ1v) is 5.84. The third-order valence-electron chi connectivity index (χ3n) is 3.01. The summed E-state index contributed by atoms with van der Waals surface area (Å²) >= 11 is 0. The minimum Gasteiger partial charge on any atom is -0.382 e. The Morgan fingerprint density at radius 3 is 2.47 bits per heavy atom. The van der Waals surface area contributed by atoms with Crippen molar-refractivity contribution < 1.29 is 4.74 Å². The summed E-state index contributed by atoms with van der Waals surface area (Å²) < 4.78 is 5.16. The average molecular weight is 232 g/mol. The third kappa shape index (κ3) is 3.55. The van der Waals surface area contributed by atoms with Gasteiger partial charge in [0.2, 0.25) is 0 Å². The predicted molar refractivity (Wildman–Crippen MR) is 68.3 cm³/mol. The standard InChI is InChI=1S/C14H20N2O/c1-12(2)14(10-15,11-17-3)16-9-13-7-5-4-6-8-13/h4-8,12,16H,9,11H2,1-3H3. The second kappa shape index (κ2) is 6.39. The van der Waals surface area contributed by atoms with E-state index in [-0.39, 0.29) is 5.92 Å². The van der Waals surface area contributed by atoms with Gasteiger partial charge in [-0.25, -0.2) is 0 Å². The van der Waals surface area contributed by atoms with Crippen LogP contribution in [0.5, 0.6) is 0 Å². The van der Waals surface area contributed by atoms with E-state index in [1.807, 2.05) is 44.2 Å². The Hall–Kier alpha value is -1.37. The molecule has 0 bridgehead atoms. The summed E-state index contributed by atoms with van der Waals surface area (Å²) in [6, 6.07) is 12.4. The molecule has 0 aliphatic carbocycles. The van der Waals surface area contributed by atoms with Crippen LogP contribution in [0.4, 0.5) is 0 Å². The van der Waals surface area contributed by atoms with Gasteiger partial charge in [0.25, 0.3) is 0 Å². The van der Waals surface area contributed by atoms with Crippen LogP contribution in [-0.4, -0.2) is 19.3 Å². The van der Waals surface area contributed by atoms with Crippen LogP contribution in [0.25, 0.3) is 0 Å². The van der Waals surface area contributed by atoms with Gasteiger partial charge < -0.3 is 4.74 Å². The number of nitriles is 1. The number of nitrogens with zero attached hydrogens (tertiary/aromatic N) is 1. The van der Waals surface area contributed by atoms with Crippen LogP contribution in [0.15, 0.2) is 30.3 Å². The average Bonchev–Trinajstić information content (AvgIpc) is 2.35. The van der Waals surface area contributed by atoms with Crippen molar-refractivity contribution in [1.82, 2.24) is 5.32 Å². The van der Waals surface area contributed by atoms with Gasteiger partial charge in [0.1, 0.15) is 5.54 Å². The van der Waals surface area contributed by atoms with Gasteiger partial charge in [0, 0.05) is 13.7 Å². The molecule has 1 unspecified atom stereocenters. The predicted octanol–water partition coefficient (Wildman–Crippen LogP) is 2.34. The van der Waals surface area contributed by atoms with Gasteiger partial charge in [-0.15, -0.1) is 0 Å². The van der Waals surface area contributed by atoms with Gasteiger partial charge in [-0.1, -0.05) is 44.2 Å². The molecule has 3 nitrogen and oxygen atoms in total. The number of ether oxygens (including phenoxy) is 1. The Labute approximate surface area is 103 Å². The maximum absolute atomic E-state index is 9.36. The van der Waals surface area contributed by atoms with Gasteiger partial charge in [-0.05, 0) is 11.5 Å². The molecule has 3 heteroatoms. The van der Waals surface area contributed by atoms with Gasteiger partial charge in [-0.3, -0.25) is 5.32 Å². The molecule has 1 atom stereocenters. The molecular formula is C14H20N2O. The van der Waals surface area contributed by atoms with Crippen LogP contribution in [-0.2, 0) is 11.3 Å². The zero-order valence-electron chi connectivity index (χ0n) is 10.7. The molecule has 0 radical (unpaired) electrons. The molecule has 92 valence electrons. The highest BCUT2D eigenvalue weighted by Gasteiger charge is 2.33. The molecule has 0 aliphatic heterocycles. The Morgan fingerprint density at radius 2 is 2.00 bits per heavy atom. The molecule has 0 heterocycles. The molecule has 0 saturated heterocycles. The smallest absolute Gasteiger partial charge is 0.132 e. The molecule has 0 aliphatic rings. The van der Waals surface area contributed by atoms with E-state index >= 15 is 0 Å². The van der Waals surface area contributed by atoms with Crippen molar-refractivity contribution in [3.8, 4) is 6.07 Å². The van der Waals surface area contributed by atoms with Crippen molar-refractivity contribution >= 4 is 0 Å². The first-order chi connectivity index (χ1) is 8.14. The topological polar surface area (TPSA) is 45.0 Å². The fourth-order valence-corrected chi connectivity index (χ4v) is 1.71. The minimum atomic E-state index is -0.620. The molecule has 1 aromatic carbocycles. The molecule has 1 rings (SSSR count). The third-order valence-corrected chi connectivity index (χ3v) is 3.01. The molecule has 17 heavy (non-hydrogen) atoms. The molecule has 0 saturated carbocycles. The van der Waals surface area contributed by atoms with E-state index in [1.165, 1.54) is 5.56 Å². The van der Waals surface area contributed by atoms with Crippen LogP contribution in [0.3, 0.4) is 0 Å². The Bertz CT molecular complexity index is 370. The van der Waals surface area contributed by atoms with Gasteiger partial charge >= 0.3 is 0 Å². The summed E-state index contributed by atoms with van der Waals surface area (Å²) in [5.41, 5.74) is 0.550. The van der Waals surface area contributed by atoms with E-state index in [4.69, 9.17) is 4.74 Å². The van der Waals surface area contributed by atoms with Crippen LogP contribution in [0.2, 0.25) is 0 Å². The zero-order chi connectivity index (χ0) is 12.7. The second-order valence-corrected chi connectivity index (χ2v) is 4.51. The lowest BCUT2D eigenvalue weighted by Crippen LogP contribution is -2.51. The lowest BCUT2D eigenvalue weighted by molar-refractivity contribution is 0.111. The summed E-state index contributed by atoms with van der Waals surface area (Å²) in [7, 11) is 1.62. The largest absolute Gasteiger partial charge is 0.382 e. The first kappa shape index (κ1) is 13.7. The van der Waals surface area contributed by atoms with Crippen molar-refractivity contribution in [2.24, 2.45) is 5.92 Å². The van der Waals surface area contributed by atoms with Crippen molar-refractivity contribution in [2.45, 2.75) is 25.9 Å². The van der Waals surface area contributed by atoms with Crippen LogP contribution >= 0.6 is 0 Å². The molecule has 1 N–H and O–H groups in total. The van der Waals surface area contributed by atoms with Crippen molar-refractivity contribution in [1.29, 1.82) is 5.26 Å². The molecular weight excluding hydrogens is 212 g/mol. The molecule has 0 amide bonds. The maximum Gasteiger partial charge on any atom is 0.132 e. The van der Waals surface area contributed by atoms with E-state index in [2.05, 4.69) is 11.4 Å². The quantitative estimate of drug-likeness (QED) is 0.818. The summed E-state index contributed by atoms with van der Waals surface area (Å²) in [5.74, 6) is 0.191.